The number of hydrogen-bond donors (Lipinski definition) is 2. The quantitative estimate of drug-likeness (QED) is 0.811. The number of aromatic amines is 2. The monoisotopic (exact) mass is 249 g/mol. The van der Waals surface area contributed by atoms with Crippen molar-refractivity contribution in [2.45, 2.75) is 20.0 Å². The van der Waals surface area contributed by atoms with E-state index in [0.717, 1.165) is 12.4 Å². The summed E-state index contributed by atoms with van der Waals surface area (Å²) < 4.78 is 1.96. The molecule has 1 amide bonds. The Bertz CT molecular complexity index is 594. The molecule has 0 aliphatic carbocycles. The number of rotatable bonds is 4. The van der Waals surface area contributed by atoms with E-state index in [4.69, 9.17) is 0 Å². The topological polar surface area (TPSA) is 86.8 Å². The van der Waals surface area contributed by atoms with Crippen molar-refractivity contribution >= 4 is 5.91 Å². The molecule has 96 valence electrons. The normalized spacial score (nSPS) is 10.6. The molecular formula is C11H15N5O2. The van der Waals surface area contributed by atoms with Crippen LogP contribution in [0.4, 0.5) is 0 Å². The smallest absolute Gasteiger partial charge is 0.323 e. The fraction of sp³-hybridized carbons (Fsp3) is 0.364. The van der Waals surface area contributed by atoms with Crippen molar-refractivity contribution in [3.8, 4) is 0 Å². The Morgan fingerprint density at radius 1 is 1.56 bits per heavy atom. The highest BCUT2D eigenvalue weighted by molar-refractivity contribution is 5.91. The van der Waals surface area contributed by atoms with Crippen LogP contribution in [0, 0.1) is 0 Å². The first-order valence-electron chi connectivity index (χ1n) is 5.65. The molecule has 2 aromatic rings. The SMILES string of the molecule is CCn1ccnc1CN(C)C(=O)c1c[nH]c(=O)[nH]1. The van der Waals surface area contributed by atoms with E-state index in [-0.39, 0.29) is 17.3 Å². The van der Waals surface area contributed by atoms with Crippen LogP contribution in [0.3, 0.4) is 0 Å². The Balaban J connectivity index is 2.10. The molecule has 2 aromatic heterocycles. The molecule has 0 fully saturated rings. The standard InChI is InChI=1S/C11H15N5O2/c1-3-16-5-4-12-9(16)7-15(2)10(17)8-6-13-11(18)14-8/h4-6H,3,7H2,1-2H3,(H2,13,14,18). The molecule has 0 spiro atoms. The van der Waals surface area contributed by atoms with E-state index in [2.05, 4.69) is 15.0 Å². The molecule has 0 radical (unpaired) electrons. The van der Waals surface area contributed by atoms with Gasteiger partial charge in [-0.25, -0.2) is 9.78 Å². The minimum absolute atomic E-state index is 0.247. The van der Waals surface area contributed by atoms with Gasteiger partial charge in [0.1, 0.15) is 11.5 Å². The third kappa shape index (κ3) is 2.34. The Labute approximate surface area is 103 Å². The fourth-order valence-electron chi connectivity index (χ4n) is 1.72. The van der Waals surface area contributed by atoms with E-state index in [1.165, 1.54) is 11.1 Å². The van der Waals surface area contributed by atoms with E-state index < -0.39 is 0 Å². The van der Waals surface area contributed by atoms with Crippen LogP contribution in [0.1, 0.15) is 23.2 Å². The highest BCUT2D eigenvalue weighted by atomic mass is 16.2. The van der Waals surface area contributed by atoms with Crippen molar-refractivity contribution in [2.75, 3.05) is 7.05 Å². The number of carbonyl (C=O) groups excluding carboxylic acids is 1. The zero-order valence-corrected chi connectivity index (χ0v) is 10.3. The summed E-state index contributed by atoms with van der Waals surface area (Å²) in [6.07, 6.45) is 4.94. The Hall–Kier alpha value is -2.31. The molecule has 0 saturated carbocycles. The zero-order chi connectivity index (χ0) is 13.1. The lowest BCUT2D eigenvalue weighted by molar-refractivity contribution is 0.0774. The maximum Gasteiger partial charge on any atom is 0.323 e. The lowest BCUT2D eigenvalue weighted by Gasteiger charge is -2.16. The number of amides is 1. The van der Waals surface area contributed by atoms with Crippen LogP contribution in [-0.2, 0) is 13.1 Å². The first-order valence-corrected chi connectivity index (χ1v) is 5.65. The highest BCUT2D eigenvalue weighted by Gasteiger charge is 2.15. The molecule has 0 unspecified atom stereocenters. The van der Waals surface area contributed by atoms with Gasteiger partial charge in [-0.05, 0) is 6.92 Å². The Morgan fingerprint density at radius 2 is 2.33 bits per heavy atom. The molecule has 2 heterocycles. The van der Waals surface area contributed by atoms with Gasteiger partial charge >= 0.3 is 5.69 Å². The maximum absolute atomic E-state index is 12.0. The molecule has 0 atom stereocenters. The van der Waals surface area contributed by atoms with E-state index in [9.17, 15) is 9.59 Å². The van der Waals surface area contributed by atoms with Crippen molar-refractivity contribution in [2.24, 2.45) is 0 Å². The molecular weight excluding hydrogens is 234 g/mol. The molecule has 7 nitrogen and oxygen atoms in total. The fourth-order valence-corrected chi connectivity index (χ4v) is 1.72. The second-order valence-electron chi connectivity index (χ2n) is 3.95. The number of aryl methyl sites for hydroxylation is 1. The molecule has 0 bridgehead atoms. The van der Waals surface area contributed by atoms with Crippen LogP contribution in [0.15, 0.2) is 23.4 Å². The van der Waals surface area contributed by atoms with Gasteiger partial charge in [-0.1, -0.05) is 0 Å². The molecule has 0 aliphatic rings. The molecule has 7 heteroatoms. The summed E-state index contributed by atoms with van der Waals surface area (Å²) >= 11 is 0. The van der Waals surface area contributed by atoms with Gasteiger partial charge in [-0.2, -0.15) is 0 Å². The number of H-pyrrole nitrogens is 2. The third-order valence-electron chi connectivity index (χ3n) is 2.69. The van der Waals surface area contributed by atoms with E-state index in [1.807, 2.05) is 17.7 Å². The largest absolute Gasteiger partial charge is 0.334 e. The van der Waals surface area contributed by atoms with Crippen LogP contribution >= 0.6 is 0 Å². The maximum atomic E-state index is 12.0. The van der Waals surface area contributed by atoms with Gasteiger partial charge in [0.2, 0.25) is 0 Å². The summed E-state index contributed by atoms with van der Waals surface area (Å²) in [6.45, 7) is 3.21. The van der Waals surface area contributed by atoms with Crippen LogP contribution in [0.25, 0.3) is 0 Å². The summed E-state index contributed by atoms with van der Waals surface area (Å²) in [4.78, 5) is 33.5. The number of nitrogens with zero attached hydrogens (tertiary/aromatic N) is 3. The lowest BCUT2D eigenvalue weighted by Crippen LogP contribution is -2.28. The molecule has 0 aromatic carbocycles. The van der Waals surface area contributed by atoms with E-state index >= 15 is 0 Å². The van der Waals surface area contributed by atoms with Gasteiger partial charge in [0.25, 0.3) is 5.91 Å². The molecule has 2 N–H and O–H groups in total. The number of imidazole rings is 2. The molecule has 0 saturated heterocycles. The second kappa shape index (κ2) is 4.91. The molecule has 18 heavy (non-hydrogen) atoms. The van der Waals surface area contributed by atoms with Gasteiger partial charge in [0, 0.05) is 32.2 Å². The lowest BCUT2D eigenvalue weighted by atomic mass is 10.4. The predicted molar refractivity (Wildman–Crippen MR) is 65.1 cm³/mol. The van der Waals surface area contributed by atoms with Crippen molar-refractivity contribution in [3.63, 3.8) is 0 Å². The van der Waals surface area contributed by atoms with Crippen LogP contribution < -0.4 is 5.69 Å². The average Bonchev–Trinajstić information content (AvgIpc) is 2.96. The summed E-state index contributed by atoms with van der Waals surface area (Å²) in [5.41, 5.74) is -0.140. The van der Waals surface area contributed by atoms with Crippen molar-refractivity contribution < 1.29 is 4.79 Å². The predicted octanol–water partition coefficient (Wildman–Crippen LogP) is 0.192. The highest BCUT2D eigenvalue weighted by Crippen LogP contribution is 2.04. The van der Waals surface area contributed by atoms with E-state index in [0.29, 0.717) is 6.54 Å². The molecule has 0 aliphatic heterocycles. The van der Waals surface area contributed by atoms with Gasteiger partial charge in [-0.15, -0.1) is 0 Å². The number of hydrogen-bond acceptors (Lipinski definition) is 3. The number of carbonyl (C=O) groups is 1. The molecule has 2 rings (SSSR count). The third-order valence-corrected chi connectivity index (χ3v) is 2.69. The first-order chi connectivity index (χ1) is 8.61. The van der Waals surface area contributed by atoms with Crippen molar-refractivity contribution in [1.82, 2.24) is 24.4 Å². The van der Waals surface area contributed by atoms with Gasteiger partial charge in [0.05, 0.1) is 6.54 Å². The zero-order valence-electron chi connectivity index (χ0n) is 10.3. The van der Waals surface area contributed by atoms with E-state index in [1.54, 1.807) is 13.2 Å². The first kappa shape index (κ1) is 12.2. The minimum atomic E-state index is -0.387. The van der Waals surface area contributed by atoms with Gasteiger partial charge in [0.15, 0.2) is 0 Å². The van der Waals surface area contributed by atoms with Gasteiger partial charge in [-0.3, -0.25) is 4.79 Å². The number of nitrogens with one attached hydrogen (secondary N) is 2. The van der Waals surface area contributed by atoms with Crippen LogP contribution in [0.5, 0.6) is 0 Å². The van der Waals surface area contributed by atoms with Crippen LogP contribution in [0.2, 0.25) is 0 Å². The number of aromatic nitrogens is 4. The van der Waals surface area contributed by atoms with Crippen molar-refractivity contribution in [3.05, 3.63) is 40.6 Å². The average molecular weight is 249 g/mol. The summed E-state index contributed by atoms with van der Waals surface area (Å²) in [5.74, 6) is 0.560. The minimum Gasteiger partial charge on any atom is -0.334 e. The Morgan fingerprint density at radius 3 is 2.94 bits per heavy atom. The Kier molecular flexibility index (Phi) is 3.31. The summed E-state index contributed by atoms with van der Waals surface area (Å²) in [6, 6.07) is 0. The van der Waals surface area contributed by atoms with Crippen molar-refractivity contribution in [1.29, 1.82) is 0 Å². The second-order valence-corrected chi connectivity index (χ2v) is 3.95. The van der Waals surface area contributed by atoms with Crippen LogP contribution in [-0.4, -0.2) is 37.4 Å². The van der Waals surface area contributed by atoms with Gasteiger partial charge < -0.3 is 19.4 Å². The summed E-state index contributed by atoms with van der Waals surface area (Å²) in [5, 5.41) is 0. The summed E-state index contributed by atoms with van der Waals surface area (Å²) in [7, 11) is 1.67.